The molecule has 0 aromatic rings. The Hall–Kier alpha value is -1.24. The molecule has 3 aliphatic rings. The molecule has 0 fully saturated rings. The highest BCUT2D eigenvalue weighted by Crippen LogP contribution is 2.34. The lowest BCUT2D eigenvalue weighted by Crippen LogP contribution is -2.26. The average Bonchev–Trinajstić information content (AvgIpc) is 2.56. The van der Waals surface area contributed by atoms with Crippen molar-refractivity contribution < 1.29 is 0 Å². The molecule has 1 aliphatic heterocycles. The van der Waals surface area contributed by atoms with E-state index < -0.39 is 0 Å². The van der Waals surface area contributed by atoms with Gasteiger partial charge in [-0.05, 0) is 18.4 Å². The van der Waals surface area contributed by atoms with Gasteiger partial charge in [-0.3, -0.25) is 0 Å². The van der Waals surface area contributed by atoms with Gasteiger partial charge in [0.05, 0.1) is 6.04 Å². The van der Waals surface area contributed by atoms with E-state index in [1.807, 2.05) is 0 Å². The van der Waals surface area contributed by atoms with Crippen LogP contribution < -0.4 is 5.32 Å². The topological polar surface area (TPSA) is 12.0 Å². The Morgan fingerprint density at radius 2 is 2.15 bits per heavy atom. The van der Waals surface area contributed by atoms with Gasteiger partial charge < -0.3 is 5.32 Å². The summed E-state index contributed by atoms with van der Waals surface area (Å²) < 4.78 is 0. The molecule has 0 aromatic heterocycles. The van der Waals surface area contributed by atoms with E-state index in [1.165, 1.54) is 24.1 Å². The number of allylic oxidation sites excluding steroid dienone is 5. The summed E-state index contributed by atoms with van der Waals surface area (Å²) in [6.07, 6.45) is 15.8. The van der Waals surface area contributed by atoms with Crippen molar-refractivity contribution in [1.82, 2.24) is 5.32 Å². The lowest BCUT2D eigenvalue weighted by molar-refractivity contribution is 0.624. The van der Waals surface area contributed by atoms with Gasteiger partial charge in [0.2, 0.25) is 0 Å². The van der Waals surface area contributed by atoms with Crippen LogP contribution in [0.25, 0.3) is 0 Å². The molecule has 2 atom stereocenters. The molecule has 3 rings (SSSR count). The molecule has 1 heteroatoms. The molecule has 2 unspecified atom stereocenters. The molecule has 0 saturated carbocycles. The Balaban J connectivity index is 2.00. The summed E-state index contributed by atoms with van der Waals surface area (Å²) in [4.78, 5) is 0. The van der Waals surface area contributed by atoms with Gasteiger partial charge in [0.25, 0.3) is 0 Å². The van der Waals surface area contributed by atoms with Gasteiger partial charge in [0, 0.05) is 11.6 Å². The van der Waals surface area contributed by atoms with Gasteiger partial charge >= 0.3 is 0 Å². The van der Waals surface area contributed by atoms with Crippen LogP contribution in [0.3, 0.4) is 0 Å². The molecular formula is C12H13N. The standard InChI is InChI=1S/C12H13N/c1-3-7-11-9(5-1)10-6-2-4-8-12(10)13-11/h1-3,5-7,9,11,13H,4,8H2. The third kappa shape index (κ3) is 0.998. The zero-order valence-corrected chi connectivity index (χ0v) is 7.53. The summed E-state index contributed by atoms with van der Waals surface area (Å²) in [7, 11) is 0. The summed E-state index contributed by atoms with van der Waals surface area (Å²) in [6, 6.07) is 0.526. The Kier molecular flexibility index (Phi) is 1.45. The average molecular weight is 171 g/mol. The van der Waals surface area contributed by atoms with Crippen molar-refractivity contribution in [3.05, 3.63) is 47.7 Å². The van der Waals surface area contributed by atoms with Crippen LogP contribution in [-0.4, -0.2) is 6.04 Å². The van der Waals surface area contributed by atoms with E-state index in [2.05, 4.69) is 41.8 Å². The molecule has 0 aromatic carbocycles. The van der Waals surface area contributed by atoms with E-state index in [0.29, 0.717) is 12.0 Å². The van der Waals surface area contributed by atoms with Gasteiger partial charge in [0.15, 0.2) is 0 Å². The molecule has 0 saturated heterocycles. The smallest absolute Gasteiger partial charge is 0.0548 e. The van der Waals surface area contributed by atoms with Crippen LogP contribution in [0.4, 0.5) is 0 Å². The predicted molar refractivity (Wildman–Crippen MR) is 54.1 cm³/mol. The van der Waals surface area contributed by atoms with E-state index in [1.54, 1.807) is 0 Å². The third-order valence-corrected chi connectivity index (χ3v) is 3.04. The van der Waals surface area contributed by atoms with Crippen molar-refractivity contribution in [2.75, 3.05) is 0 Å². The summed E-state index contributed by atoms with van der Waals surface area (Å²) in [5, 5.41) is 3.59. The van der Waals surface area contributed by atoms with E-state index in [0.717, 1.165) is 0 Å². The first-order chi connectivity index (χ1) is 6.45. The van der Waals surface area contributed by atoms with Crippen LogP contribution in [0.2, 0.25) is 0 Å². The Morgan fingerprint density at radius 1 is 1.23 bits per heavy atom. The highest BCUT2D eigenvalue weighted by atomic mass is 15.0. The highest BCUT2D eigenvalue weighted by molar-refractivity contribution is 5.43. The molecule has 13 heavy (non-hydrogen) atoms. The Bertz CT molecular complexity index is 344. The number of fused-ring (bicyclic) bond motifs is 2. The predicted octanol–water partition coefficient (Wildman–Crippen LogP) is 2.30. The Morgan fingerprint density at radius 3 is 3.15 bits per heavy atom. The second-order valence-electron chi connectivity index (χ2n) is 3.84. The number of rotatable bonds is 0. The molecule has 2 aliphatic carbocycles. The van der Waals surface area contributed by atoms with Crippen LogP contribution in [0, 0.1) is 5.92 Å². The Labute approximate surface area is 78.5 Å². The summed E-state index contributed by atoms with van der Waals surface area (Å²) in [5.74, 6) is 0.594. The highest BCUT2D eigenvalue weighted by Gasteiger charge is 2.30. The maximum atomic E-state index is 3.59. The van der Waals surface area contributed by atoms with Crippen LogP contribution in [-0.2, 0) is 0 Å². The molecule has 0 spiro atoms. The molecule has 66 valence electrons. The van der Waals surface area contributed by atoms with Gasteiger partial charge in [-0.15, -0.1) is 0 Å². The normalized spacial score (nSPS) is 34.5. The molecule has 1 nitrogen and oxygen atoms in total. The van der Waals surface area contributed by atoms with E-state index in [-0.39, 0.29) is 0 Å². The minimum Gasteiger partial charge on any atom is -0.381 e. The van der Waals surface area contributed by atoms with Crippen LogP contribution in [0.1, 0.15) is 12.8 Å². The van der Waals surface area contributed by atoms with Gasteiger partial charge in [-0.25, -0.2) is 0 Å². The first kappa shape index (κ1) is 7.19. The van der Waals surface area contributed by atoms with E-state index in [9.17, 15) is 0 Å². The van der Waals surface area contributed by atoms with Crippen molar-refractivity contribution in [1.29, 1.82) is 0 Å². The zero-order chi connectivity index (χ0) is 8.67. The van der Waals surface area contributed by atoms with Crippen molar-refractivity contribution >= 4 is 0 Å². The third-order valence-electron chi connectivity index (χ3n) is 3.04. The monoisotopic (exact) mass is 171 g/mol. The first-order valence-corrected chi connectivity index (χ1v) is 4.96. The number of nitrogens with one attached hydrogen (secondary N) is 1. The largest absolute Gasteiger partial charge is 0.381 e. The lowest BCUT2D eigenvalue weighted by atomic mass is 9.89. The summed E-state index contributed by atoms with van der Waals surface area (Å²) in [6.45, 7) is 0. The van der Waals surface area contributed by atoms with Gasteiger partial charge in [0.1, 0.15) is 0 Å². The van der Waals surface area contributed by atoms with Crippen molar-refractivity contribution in [2.45, 2.75) is 18.9 Å². The quantitative estimate of drug-likeness (QED) is 0.589. The maximum absolute atomic E-state index is 3.59. The van der Waals surface area contributed by atoms with Gasteiger partial charge in [-0.2, -0.15) is 0 Å². The molecule has 0 amide bonds. The fraction of sp³-hybridized carbons (Fsp3) is 0.333. The molecule has 0 bridgehead atoms. The molecule has 1 heterocycles. The fourth-order valence-corrected chi connectivity index (χ4v) is 2.39. The second kappa shape index (κ2) is 2.63. The summed E-state index contributed by atoms with van der Waals surface area (Å²) >= 11 is 0. The summed E-state index contributed by atoms with van der Waals surface area (Å²) in [5.41, 5.74) is 2.98. The fourth-order valence-electron chi connectivity index (χ4n) is 2.39. The minimum atomic E-state index is 0.526. The molecular weight excluding hydrogens is 158 g/mol. The minimum absolute atomic E-state index is 0.526. The first-order valence-electron chi connectivity index (χ1n) is 4.96. The van der Waals surface area contributed by atoms with E-state index in [4.69, 9.17) is 0 Å². The van der Waals surface area contributed by atoms with Gasteiger partial charge in [-0.1, -0.05) is 36.5 Å². The lowest BCUT2D eigenvalue weighted by Gasteiger charge is -2.17. The van der Waals surface area contributed by atoms with Crippen LogP contribution >= 0.6 is 0 Å². The van der Waals surface area contributed by atoms with Crippen molar-refractivity contribution in [2.24, 2.45) is 5.92 Å². The van der Waals surface area contributed by atoms with E-state index >= 15 is 0 Å². The second-order valence-corrected chi connectivity index (χ2v) is 3.84. The van der Waals surface area contributed by atoms with Crippen LogP contribution in [0.15, 0.2) is 47.7 Å². The number of hydrogen-bond acceptors (Lipinski definition) is 1. The van der Waals surface area contributed by atoms with Crippen molar-refractivity contribution in [3.8, 4) is 0 Å². The van der Waals surface area contributed by atoms with Crippen molar-refractivity contribution in [3.63, 3.8) is 0 Å². The molecule has 1 N–H and O–H groups in total. The maximum Gasteiger partial charge on any atom is 0.0548 e. The van der Waals surface area contributed by atoms with Crippen LogP contribution in [0.5, 0.6) is 0 Å². The SMILES string of the molecule is C1=CC2NC3=C(C=CCC3)C2C=C1. The zero-order valence-electron chi connectivity index (χ0n) is 7.53. The number of hydrogen-bond donors (Lipinski definition) is 1. The molecule has 0 radical (unpaired) electrons.